The Kier molecular flexibility index (Phi) is 4.75. The average molecular weight is 393 g/mol. The molecule has 0 atom stereocenters. The molecule has 2 heterocycles. The van der Waals surface area contributed by atoms with Crippen LogP contribution >= 0.6 is 0 Å². The number of rotatable bonds is 5. The van der Waals surface area contributed by atoms with Crippen molar-refractivity contribution < 1.29 is 22.9 Å². The highest BCUT2D eigenvalue weighted by molar-refractivity contribution is 5.97. The molecule has 0 amide bonds. The Morgan fingerprint density at radius 3 is 2.57 bits per heavy atom. The highest BCUT2D eigenvalue weighted by atomic mass is 19.4. The summed E-state index contributed by atoms with van der Waals surface area (Å²) in [6, 6.07) is 6.36. The summed E-state index contributed by atoms with van der Waals surface area (Å²) in [5.74, 6) is -1.02. The zero-order valence-electron chi connectivity index (χ0n) is 14.8. The molecule has 0 N–H and O–H groups in total. The number of benzene rings is 1. The number of alkyl halides is 3. The Bertz CT molecular complexity index is 1070. The van der Waals surface area contributed by atoms with Gasteiger partial charge < -0.3 is 14.7 Å². The number of carbonyl (C=O) groups is 1. The van der Waals surface area contributed by atoms with Crippen molar-refractivity contribution in [1.82, 2.24) is 19.3 Å². The van der Waals surface area contributed by atoms with E-state index in [-0.39, 0.29) is 17.8 Å². The van der Waals surface area contributed by atoms with E-state index < -0.39 is 28.4 Å². The van der Waals surface area contributed by atoms with Crippen LogP contribution in [0.1, 0.15) is 27.3 Å². The molecule has 146 valence electrons. The van der Waals surface area contributed by atoms with Crippen LogP contribution in [-0.4, -0.2) is 30.0 Å². The number of Topliss-reactive ketones (excluding diaryl/α,β-unsaturated/α-hetero) is 1. The van der Waals surface area contributed by atoms with Gasteiger partial charge >= 0.3 is 12.1 Å². The second-order valence-corrected chi connectivity index (χ2v) is 6.09. The maximum atomic E-state index is 13.0. The number of nitro groups is 1. The number of aryl methyl sites for hydroxylation is 1. The molecule has 11 heteroatoms. The van der Waals surface area contributed by atoms with Gasteiger partial charge in [-0.3, -0.25) is 4.79 Å². The lowest BCUT2D eigenvalue weighted by Gasteiger charge is -2.13. The molecular formula is C17H14F3N5O3. The Morgan fingerprint density at radius 1 is 1.25 bits per heavy atom. The van der Waals surface area contributed by atoms with Gasteiger partial charge in [-0.2, -0.15) is 17.9 Å². The lowest BCUT2D eigenvalue weighted by Crippen LogP contribution is -2.12. The molecule has 0 radical (unpaired) electrons. The van der Waals surface area contributed by atoms with E-state index in [1.54, 1.807) is 24.5 Å². The van der Waals surface area contributed by atoms with Gasteiger partial charge in [0.1, 0.15) is 6.54 Å². The highest BCUT2D eigenvalue weighted by Gasteiger charge is 2.31. The summed E-state index contributed by atoms with van der Waals surface area (Å²) in [5.41, 5.74) is 0.801. The molecule has 0 fully saturated rings. The summed E-state index contributed by atoms with van der Waals surface area (Å²) in [7, 11) is 0. The van der Waals surface area contributed by atoms with Crippen molar-refractivity contribution in [2.45, 2.75) is 26.6 Å². The molecule has 0 spiro atoms. The predicted molar refractivity (Wildman–Crippen MR) is 91.3 cm³/mol. The second-order valence-electron chi connectivity index (χ2n) is 6.09. The van der Waals surface area contributed by atoms with Gasteiger partial charge in [0.05, 0.1) is 5.56 Å². The Labute approximate surface area is 156 Å². The number of nitrogens with zero attached hydrogens (tertiary/aromatic N) is 5. The number of halogens is 3. The molecule has 8 nitrogen and oxygen atoms in total. The first-order valence-corrected chi connectivity index (χ1v) is 8.01. The largest absolute Gasteiger partial charge is 0.490 e. The molecule has 3 rings (SSSR count). The van der Waals surface area contributed by atoms with Crippen LogP contribution in [0.3, 0.4) is 0 Å². The molecule has 0 saturated heterocycles. The fourth-order valence-electron chi connectivity index (χ4n) is 2.94. The molecule has 2 aromatic heterocycles. The molecule has 3 aromatic rings. The molecule has 0 aliphatic rings. The van der Waals surface area contributed by atoms with Gasteiger partial charge in [0, 0.05) is 27.7 Å². The maximum absolute atomic E-state index is 13.0. The third-order valence-electron chi connectivity index (χ3n) is 4.16. The van der Waals surface area contributed by atoms with E-state index in [1.807, 2.05) is 0 Å². The summed E-state index contributed by atoms with van der Waals surface area (Å²) in [4.78, 5) is 25.9. The van der Waals surface area contributed by atoms with Crippen LogP contribution in [0.5, 0.6) is 0 Å². The normalized spacial score (nSPS) is 11.6. The summed E-state index contributed by atoms with van der Waals surface area (Å²) < 4.78 is 41.6. The molecule has 1 aromatic carbocycles. The van der Waals surface area contributed by atoms with E-state index in [0.29, 0.717) is 11.4 Å². The van der Waals surface area contributed by atoms with Crippen LogP contribution in [0.2, 0.25) is 0 Å². The predicted octanol–water partition coefficient (Wildman–Crippen LogP) is 3.50. The third-order valence-corrected chi connectivity index (χ3v) is 4.16. The van der Waals surface area contributed by atoms with E-state index in [0.717, 1.165) is 23.1 Å². The van der Waals surface area contributed by atoms with Crippen LogP contribution in [0.4, 0.5) is 19.1 Å². The van der Waals surface area contributed by atoms with Gasteiger partial charge in [-0.05, 0) is 43.0 Å². The number of ketones is 1. The van der Waals surface area contributed by atoms with E-state index in [2.05, 4.69) is 10.1 Å². The number of hydrogen-bond acceptors (Lipinski definition) is 5. The van der Waals surface area contributed by atoms with Crippen LogP contribution in [0.25, 0.3) is 5.69 Å². The van der Waals surface area contributed by atoms with Gasteiger partial charge in [0.15, 0.2) is 5.78 Å². The summed E-state index contributed by atoms with van der Waals surface area (Å²) in [6.45, 7) is 3.00. The minimum Gasteiger partial charge on any atom is -0.390 e. The monoisotopic (exact) mass is 393 g/mol. The summed E-state index contributed by atoms with van der Waals surface area (Å²) in [5, 5.41) is 14.2. The van der Waals surface area contributed by atoms with Gasteiger partial charge in [-0.15, -0.1) is 0 Å². The minimum atomic E-state index is -4.48. The SMILES string of the molecule is Cc1cc(C(=O)Cn2cnc([N+](=O)[O-])n2)c(C)n1-c1cccc(C(F)(F)F)c1. The van der Waals surface area contributed by atoms with E-state index in [4.69, 9.17) is 0 Å². The fraction of sp³-hybridized carbons (Fsp3) is 0.235. The number of carbonyl (C=O) groups excluding carboxylic acids is 1. The van der Waals surface area contributed by atoms with Crippen molar-refractivity contribution >= 4 is 11.7 Å². The smallest absolute Gasteiger partial charge is 0.390 e. The first-order chi connectivity index (χ1) is 13.1. The quantitative estimate of drug-likeness (QED) is 0.376. The first-order valence-electron chi connectivity index (χ1n) is 8.01. The van der Waals surface area contributed by atoms with Crippen molar-refractivity contribution in [3.63, 3.8) is 0 Å². The van der Waals surface area contributed by atoms with Gasteiger partial charge in [-0.25, -0.2) is 0 Å². The third kappa shape index (κ3) is 3.63. The van der Waals surface area contributed by atoms with Crippen LogP contribution in [0.15, 0.2) is 36.7 Å². The van der Waals surface area contributed by atoms with Gasteiger partial charge in [0.25, 0.3) is 0 Å². The lowest BCUT2D eigenvalue weighted by molar-refractivity contribution is -0.394. The first kappa shape index (κ1) is 19.3. The van der Waals surface area contributed by atoms with Crippen LogP contribution < -0.4 is 0 Å². The standard InChI is InChI=1S/C17H14F3N5O3/c1-10-6-14(15(26)8-23-9-21-16(22-23)25(27)28)11(2)24(10)13-5-3-4-12(7-13)17(18,19)20/h3-7,9H,8H2,1-2H3. The summed E-state index contributed by atoms with van der Waals surface area (Å²) >= 11 is 0. The molecule has 0 aliphatic carbocycles. The molecule has 28 heavy (non-hydrogen) atoms. The molecule has 0 aliphatic heterocycles. The zero-order valence-corrected chi connectivity index (χ0v) is 14.8. The van der Waals surface area contributed by atoms with E-state index in [1.165, 1.54) is 12.1 Å². The van der Waals surface area contributed by atoms with Crippen molar-refractivity contribution in [2.24, 2.45) is 0 Å². The average Bonchev–Trinajstić information content (AvgIpc) is 3.19. The van der Waals surface area contributed by atoms with Gasteiger partial charge in [-0.1, -0.05) is 11.1 Å². The van der Waals surface area contributed by atoms with E-state index >= 15 is 0 Å². The van der Waals surface area contributed by atoms with Crippen LogP contribution in [0, 0.1) is 24.0 Å². The van der Waals surface area contributed by atoms with Gasteiger partial charge in [0.2, 0.25) is 6.33 Å². The zero-order chi connectivity index (χ0) is 20.6. The Hall–Kier alpha value is -3.50. The van der Waals surface area contributed by atoms with Crippen molar-refractivity contribution in [3.05, 3.63) is 69.3 Å². The van der Waals surface area contributed by atoms with Crippen molar-refractivity contribution in [2.75, 3.05) is 0 Å². The number of aromatic nitrogens is 4. The van der Waals surface area contributed by atoms with Crippen LogP contribution in [-0.2, 0) is 12.7 Å². The maximum Gasteiger partial charge on any atom is 0.490 e. The summed E-state index contributed by atoms with van der Waals surface area (Å²) in [6.07, 6.45) is -3.41. The minimum absolute atomic E-state index is 0.278. The Balaban J connectivity index is 1.93. The van der Waals surface area contributed by atoms with Crippen molar-refractivity contribution in [1.29, 1.82) is 0 Å². The Morgan fingerprint density at radius 2 is 1.96 bits per heavy atom. The van der Waals surface area contributed by atoms with E-state index in [9.17, 15) is 28.1 Å². The lowest BCUT2D eigenvalue weighted by atomic mass is 10.1. The molecule has 0 saturated carbocycles. The second kappa shape index (κ2) is 6.91. The fourth-order valence-corrected chi connectivity index (χ4v) is 2.94. The highest BCUT2D eigenvalue weighted by Crippen LogP contribution is 2.31. The number of hydrogen-bond donors (Lipinski definition) is 0. The molecule has 0 bridgehead atoms. The molecular weight excluding hydrogens is 379 g/mol. The topological polar surface area (TPSA) is 95.8 Å². The molecule has 0 unspecified atom stereocenters. The van der Waals surface area contributed by atoms with Crippen molar-refractivity contribution in [3.8, 4) is 5.69 Å².